The van der Waals surface area contributed by atoms with E-state index in [2.05, 4.69) is 25.6 Å². The van der Waals surface area contributed by atoms with Gasteiger partial charge in [-0.15, -0.1) is 11.8 Å². The Hall–Kier alpha value is -2.86. The lowest BCUT2D eigenvalue weighted by molar-refractivity contribution is -0.113. The number of nitrogens with zero attached hydrogens (tertiary/aromatic N) is 3. The number of amides is 1. The Morgan fingerprint density at radius 3 is 3.00 bits per heavy atom. The number of rotatable bonds is 7. The molecule has 0 aromatic carbocycles. The van der Waals surface area contributed by atoms with Gasteiger partial charge in [0.25, 0.3) is 0 Å². The maximum absolute atomic E-state index is 14.7. The van der Waals surface area contributed by atoms with Gasteiger partial charge in [-0.2, -0.15) is 0 Å². The van der Waals surface area contributed by atoms with E-state index in [9.17, 15) is 9.18 Å². The van der Waals surface area contributed by atoms with E-state index in [1.807, 2.05) is 12.1 Å². The second-order valence-electron chi connectivity index (χ2n) is 8.69. The van der Waals surface area contributed by atoms with Crippen molar-refractivity contribution in [3.8, 4) is 5.88 Å². The molecule has 4 N–H and O–H groups in total. The topological polar surface area (TPSA) is 124 Å². The largest absolute Gasteiger partial charge is 0.481 e. The molecule has 0 radical (unpaired) electrons. The number of nitrogens with one attached hydrogen (secondary N) is 2. The molecule has 0 bridgehead atoms. The SMILES string of the molecule is COc1ccc2ncc(F)c(C[C@H](N)[C@@H]3CC[C@@H](NCc4ccc5c(n4)NC(=O)CS5)CO3)c2n1. The summed E-state index contributed by atoms with van der Waals surface area (Å²) in [6.45, 7) is 1.07. The molecule has 3 atom stereocenters. The fourth-order valence-electron chi connectivity index (χ4n) is 4.37. The van der Waals surface area contributed by atoms with Crippen LogP contribution < -0.4 is 21.1 Å². The Morgan fingerprint density at radius 2 is 2.20 bits per heavy atom. The maximum Gasteiger partial charge on any atom is 0.235 e. The molecule has 1 amide bonds. The first-order valence-electron chi connectivity index (χ1n) is 11.5. The van der Waals surface area contributed by atoms with Gasteiger partial charge in [-0.3, -0.25) is 9.78 Å². The highest BCUT2D eigenvalue weighted by molar-refractivity contribution is 8.00. The van der Waals surface area contributed by atoms with E-state index in [0.29, 0.717) is 47.2 Å². The number of fused-ring (bicyclic) bond motifs is 2. The number of aromatic nitrogens is 3. The smallest absolute Gasteiger partial charge is 0.235 e. The van der Waals surface area contributed by atoms with E-state index in [1.165, 1.54) is 25.1 Å². The van der Waals surface area contributed by atoms with Crippen LogP contribution >= 0.6 is 11.8 Å². The van der Waals surface area contributed by atoms with Crippen molar-refractivity contribution in [2.24, 2.45) is 5.73 Å². The zero-order valence-corrected chi connectivity index (χ0v) is 20.1. The molecule has 5 rings (SSSR count). The molecule has 11 heteroatoms. The van der Waals surface area contributed by atoms with Gasteiger partial charge in [-0.05, 0) is 37.5 Å². The van der Waals surface area contributed by atoms with Gasteiger partial charge in [0.05, 0.1) is 53.4 Å². The molecule has 9 nitrogen and oxygen atoms in total. The molecular weight excluding hydrogens is 471 g/mol. The summed E-state index contributed by atoms with van der Waals surface area (Å²) in [6.07, 6.45) is 2.94. The zero-order chi connectivity index (χ0) is 24.4. The molecule has 0 aliphatic carbocycles. The minimum absolute atomic E-state index is 0.0299. The van der Waals surface area contributed by atoms with Crippen LogP contribution in [0.4, 0.5) is 10.2 Å². The van der Waals surface area contributed by atoms with Gasteiger partial charge in [0.15, 0.2) is 0 Å². The quantitative estimate of drug-likeness (QED) is 0.450. The molecule has 2 aliphatic heterocycles. The molecule has 3 aromatic heterocycles. The molecular formula is C24H27FN6O3S. The summed E-state index contributed by atoms with van der Waals surface area (Å²) in [5.41, 5.74) is 8.79. The van der Waals surface area contributed by atoms with Crippen molar-refractivity contribution in [2.45, 2.75) is 48.9 Å². The average Bonchev–Trinajstić information content (AvgIpc) is 2.88. The number of carbonyl (C=O) groups is 1. The number of hydrogen-bond acceptors (Lipinski definition) is 9. The van der Waals surface area contributed by atoms with Crippen molar-refractivity contribution in [3.63, 3.8) is 0 Å². The standard InChI is InChI=1S/C24H27FN6O3S/c1-33-22-7-4-18-23(31-22)15(16(25)10-28-18)8-17(26)19-5-2-14(11-34-19)27-9-13-3-6-20-24(29-13)30-21(32)12-35-20/h3-4,6-7,10,14,17,19,27H,2,5,8-9,11-12,26H2,1H3,(H,29,30,32)/t14-,17+,19+/m1/s1. The Kier molecular flexibility index (Phi) is 7.09. The van der Waals surface area contributed by atoms with E-state index in [1.54, 1.807) is 12.1 Å². The van der Waals surface area contributed by atoms with Gasteiger partial charge in [0.1, 0.15) is 11.6 Å². The normalized spacial score (nSPS) is 20.8. The van der Waals surface area contributed by atoms with Crippen LogP contribution in [-0.2, 0) is 22.5 Å². The molecule has 5 heterocycles. The van der Waals surface area contributed by atoms with Crippen molar-refractivity contribution in [1.82, 2.24) is 20.3 Å². The summed E-state index contributed by atoms with van der Waals surface area (Å²) in [5.74, 6) is 0.981. The van der Waals surface area contributed by atoms with E-state index < -0.39 is 5.82 Å². The van der Waals surface area contributed by atoms with Crippen LogP contribution in [0.25, 0.3) is 11.0 Å². The lowest BCUT2D eigenvalue weighted by Gasteiger charge is -2.33. The van der Waals surface area contributed by atoms with Crippen LogP contribution in [0.15, 0.2) is 35.4 Å². The molecule has 184 valence electrons. The Bertz CT molecular complexity index is 1240. The minimum atomic E-state index is -0.434. The summed E-state index contributed by atoms with van der Waals surface area (Å²) >= 11 is 1.49. The van der Waals surface area contributed by atoms with Crippen LogP contribution in [0.3, 0.4) is 0 Å². The number of methoxy groups -OCH3 is 1. The number of pyridine rings is 3. The Morgan fingerprint density at radius 1 is 1.31 bits per heavy atom. The lowest BCUT2D eigenvalue weighted by Crippen LogP contribution is -2.47. The van der Waals surface area contributed by atoms with Gasteiger partial charge in [0, 0.05) is 30.3 Å². The molecule has 0 unspecified atom stereocenters. The molecule has 35 heavy (non-hydrogen) atoms. The zero-order valence-electron chi connectivity index (χ0n) is 19.3. The number of thioether (sulfide) groups is 1. The predicted octanol–water partition coefficient (Wildman–Crippen LogP) is 2.42. The minimum Gasteiger partial charge on any atom is -0.481 e. The maximum atomic E-state index is 14.7. The molecule has 0 saturated carbocycles. The molecule has 1 fully saturated rings. The third kappa shape index (κ3) is 5.37. The van der Waals surface area contributed by atoms with E-state index >= 15 is 0 Å². The van der Waals surface area contributed by atoms with Gasteiger partial charge in [-0.1, -0.05) is 0 Å². The Labute approximate surface area is 206 Å². The van der Waals surface area contributed by atoms with Crippen molar-refractivity contribution in [1.29, 1.82) is 0 Å². The van der Waals surface area contributed by atoms with Crippen molar-refractivity contribution in [3.05, 3.63) is 47.5 Å². The molecule has 2 aliphatic rings. The van der Waals surface area contributed by atoms with E-state index in [4.69, 9.17) is 15.2 Å². The van der Waals surface area contributed by atoms with Crippen LogP contribution in [0, 0.1) is 5.82 Å². The summed E-state index contributed by atoms with van der Waals surface area (Å²) in [7, 11) is 1.52. The first-order chi connectivity index (χ1) is 17.0. The second-order valence-corrected chi connectivity index (χ2v) is 9.70. The molecule has 3 aromatic rings. The van der Waals surface area contributed by atoms with E-state index in [0.717, 1.165) is 23.4 Å². The average molecular weight is 499 g/mol. The monoisotopic (exact) mass is 498 g/mol. The van der Waals surface area contributed by atoms with Gasteiger partial charge in [0.2, 0.25) is 11.8 Å². The highest BCUT2D eigenvalue weighted by atomic mass is 32.2. The Balaban J connectivity index is 1.16. The van der Waals surface area contributed by atoms with Crippen LogP contribution in [0.5, 0.6) is 5.88 Å². The summed E-state index contributed by atoms with van der Waals surface area (Å²) < 4.78 is 25.9. The predicted molar refractivity (Wildman–Crippen MR) is 131 cm³/mol. The van der Waals surface area contributed by atoms with Gasteiger partial charge < -0.3 is 25.8 Å². The van der Waals surface area contributed by atoms with Gasteiger partial charge in [-0.25, -0.2) is 14.4 Å². The van der Waals surface area contributed by atoms with Gasteiger partial charge >= 0.3 is 0 Å². The van der Waals surface area contributed by atoms with Crippen LogP contribution in [0.1, 0.15) is 24.1 Å². The highest BCUT2D eigenvalue weighted by Gasteiger charge is 2.28. The van der Waals surface area contributed by atoms with E-state index in [-0.39, 0.29) is 30.5 Å². The number of hydrogen-bond donors (Lipinski definition) is 3. The number of halogens is 1. The van der Waals surface area contributed by atoms with Crippen molar-refractivity contribution < 1.29 is 18.7 Å². The summed E-state index contributed by atoms with van der Waals surface area (Å²) in [6, 6.07) is 7.19. The number of ether oxygens (including phenoxy) is 2. The van der Waals surface area contributed by atoms with Crippen molar-refractivity contribution in [2.75, 3.05) is 24.8 Å². The third-order valence-corrected chi connectivity index (χ3v) is 7.33. The molecule has 1 saturated heterocycles. The van der Waals surface area contributed by atoms with Crippen LogP contribution in [-0.4, -0.2) is 58.5 Å². The summed E-state index contributed by atoms with van der Waals surface area (Å²) in [4.78, 5) is 25.7. The number of nitrogens with two attached hydrogens (primary N) is 1. The summed E-state index contributed by atoms with van der Waals surface area (Å²) in [5, 5.41) is 6.29. The fraction of sp³-hybridized carbons (Fsp3) is 0.417. The second kappa shape index (κ2) is 10.4. The first kappa shape index (κ1) is 23.9. The highest BCUT2D eigenvalue weighted by Crippen LogP contribution is 2.30. The number of carbonyl (C=O) groups excluding carboxylic acids is 1. The molecule has 0 spiro atoms. The number of anilines is 1. The lowest BCUT2D eigenvalue weighted by atomic mass is 9.94. The van der Waals surface area contributed by atoms with Crippen molar-refractivity contribution >= 4 is 34.5 Å². The first-order valence-corrected chi connectivity index (χ1v) is 12.5. The van der Waals surface area contributed by atoms with Crippen LogP contribution in [0.2, 0.25) is 0 Å². The third-order valence-electron chi connectivity index (χ3n) is 6.28. The fourth-order valence-corrected chi connectivity index (χ4v) is 5.13.